The van der Waals surface area contributed by atoms with Crippen LogP contribution in [0.3, 0.4) is 0 Å². The SMILES string of the molecule is CC1=C(C(=O)OCC(Cl)(Cl)Cl)N2C(=O)C(NC(=O)COc3ccccc3)[C@@H]2[S+]([O-])C1. The van der Waals surface area contributed by atoms with Gasteiger partial charge in [-0.2, -0.15) is 0 Å². The van der Waals surface area contributed by atoms with Gasteiger partial charge >= 0.3 is 5.97 Å². The molecule has 1 fully saturated rings. The van der Waals surface area contributed by atoms with Crippen LogP contribution in [-0.4, -0.2) is 61.4 Å². The number of hydrogen-bond donors (Lipinski definition) is 1. The van der Waals surface area contributed by atoms with Gasteiger partial charge in [-0.05, 0) is 30.2 Å². The Morgan fingerprint density at radius 3 is 2.60 bits per heavy atom. The molecule has 0 radical (unpaired) electrons. The Morgan fingerprint density at radius 2 is 1.97 bits per heavy atom. The van der Waals surface area contributed by atoms with E-state index in [0.29, 0.717) is 11.3 Å². The predicted octanol–water partition coefficient (Wildman–Crippen LogP) is 1.67. The Kier molecular flexibility index (Phi) is 7.09. The fourth-order valence-corrected chi connectivity index (χ4v) is 4.88. The molecule has 162 valence electrons. The molecular formula is C18H17Cl3N2O6S. The van der Waals surface area contributed by atoms with Crippen molar-refractivity contribution >= 4 is 63.8 Å². The van der Waals surface area contributed by atoms with E-state index >= 15 is 0 Å². The van der Waals surface area contributed by atoms with Crippen LogP contribution >= 0.6 is 34.8 Å². The Labute approximate surface area is 190 Å². The van der Waals surface area contributed by atoms with Crippen molar-refractivity contribution in [1.82, 2.24) is 10.2 Å². The Balaban J connectivity index is 1.64. The van der Waals surface area contributed by atoms with Crippen LogP contribution in [0.2, 0.25) is 0 Å². The molecule has 12 heteroatoms. The number of hydrogen-bond acceptors (Lipinski definition) is 6. The summed E-state index contributed by atoms with van der Waals surface area (Å²) in [7, 11) is 0. The minimum absolute atomic E-state index is 0.0412. The van der Waals surface area contributed by atoms with E-state index in [-0.39, 0.29) is 18.1 Å². The molecule has 2 heterocycles. The summed E-state index contributed by atoms with van der Waals surface area (Å²) < 4.78 is 21.0. The molecule has 3 atom stereocenters. The quantitative estimate of drug-likeness (QED) is 0.278. The summed E-state index contributed by atoms with van der Waals surface area (Å²) in [6.07, 6.45) is 0. The molecule has 0 aliphatic carbocycles. The smallest absolute Gasteiger partial charge is 0.355 e. The highest BCUT2D eigenvalue weighted by atomic mass is 35.6. The second-order valence-electron chi connectivity index (χ2n) is 6.59. The second-order valence-corrected chi connectivity index (χ2v) is 10.6. The lowest BCUT2D eigenvalue weighted by atomic mass is 10.0. The Bertz CT molecular complexity index is 876. The van der Waals surface area contributed by atoms with Gasteiger partial charge in [0, 0.05) is 5.57 Å². The Morgan fingerprint density at radius 1 is 1.30 bits per heavy atom. The molecule has 1 aromatic carbocycles. The van der Waals surface area contributed by atoms with Gasteiger partial charge in [-0.15, -0.1) is 0 Å². The van der Waals surface area contributed by atoms with Crippen LogP contribution in [0.15, 0.2) is 41.6 Å². The number of alkyl halides is 3. The summed E-state index contributed by atoms with van der Waals surface area (Å²) >= 11 is 15.2. The van der Waals surface area contributed by atoms with E-state index in [1.165, 1.54) is 0 Å². The van der Waals surface area contributed by atoms with Crippen LogP contribution in [0.25, 0.3) is 0 Å². The maximum atomic E-state index is 12.6. The van der Waals surface area contributed by atoms with Crippen molar-refractivity contribution in [2.24, 2.45) is 0 Å². The molecule has 1 N–H and O–H groups in total. The standard InChI is InChI=1S/C18H17Cl3N2O6S/c1-10-8-30(27)16-13(22-12(24)7-28-11-5-3-2-4-6-11)15(25)23(16)14(10)17(26)29-9-18(19,20)21/h2-6,13,16H,7-9H2,1H3,(H,22,24)/t13?,16-,30?/m0/s1. The zero-order valence-corrected chi connectivity index (χ0v) is 18.7. The third-order valence-electron chi connectivity index (χ3n) is 4.31. The second kappa shape index (κ2) is 9.23. The first-order chi connectivity index (χ1) is 14.1. The molecular weight excluding hydrogens is 479 g/mol. The topological polar surface area (TPSA) is 108 Å². The first-order valence-corrected chi connectivity index (χ1v) is 11.2. The Hall–Kier alpha value is -1.65. The average Bonchev–Trinajstić information content (AvgIpc) is 2.68. The lowest BCUT2D eigenvalue weighted by molar-refractivity contribution is -0.153. The summed E-state index contributed by atoms with van der Waals surface area (Å²) in [6, 6.07) is 7.64. The first-order valence-electron chi connectivity index (χ1n) is 8.69. The maximum Gasteiger partial charge on any atom is 0.355 e. The highest BCUT2D eigenvalue weighted by Gasteiger charge is 2.60. The van der Waals surface area contributed by atoms with Gasteiger partial charge in [0.2, 0.25) is 9.17 Å². The van der Waals surface area contributed by atoms with Gasteiger partial charge in [-0.25, -0.2) is 4.79 Å². The van der Waals surface area contributed by atoms with E-state index in [2.05, 4.69) is 5.32 Å². The highest BCUT2D eigenvalue weighted by molar-refractivity contribution is 7.92. The number of nitrogens with zero attached hydrogens (tertiary/aromatic N) is 1. The minimum atomic E-state index is -1.81. The van der Waals surface area contributed by atoms with Crippen molar-refractivity contribution in [1.29, 1.82) is 0 Å². The van der Waals surface area contributed by atoms with E-state index in [0.717, 1.165) is 4.90 Å². The summed E-state index contributed by atoms with van der Waals surface area (Å²) in [5.74, 6) is -1.47. The van der Waals surface area contributed by atoms with E-state index < -0.39 is 50.8 Å². The van der Waals surface area contributed by atoms with Crippen molar-refractivity contribution in [3.63, 3.8) is 0 Å². The van der Waals surface area contributed by atoms with Crippen LogP contribution in [0.5, 0.6) is 5.75 Å². The largest absolute Gasteiger partial charge is 0.614 e. The number of esters is 1. The van der Waals surface area contributed by atoms with Crippen LogP contribution in [0, 0.1) is 0 Å². The molecule has 2 unspecified atom stereocenters. The lowest BCUT2D eigenvalue weighted by Crippen LogP contribution is -2.75. The molecule has 0 saturated carbocycles. The highest BCUT2D eigenvalue weighted by Crippen LogP contribution is 2.37. The summed E-state index contributed by atoms with van der Waals surface area (Å²) in [4.78, 5) is 38.3. The zero-order valence-electron chi connectivity index (χ0n) is 15.6. The average molecular weight is 496 g/mol. The van der Waals surface area contributed by atoms with Gasteiger partial charge in [-0.3, -0.25) is 14.5 Å². The van der Waals surface area contributed by atoms with Gasteiger partial charge < -0.3 is 19.3 Å². The number of carbonyl (C=O) groups is 3. The van der Waals surface area contributed by atoms with Crippen molar-refractivity contribution in [3.8, 4) is 5.75 Å². The summed E-state index contributed by atoms with van der Waals surface area (Å²) in [5, 5.41) is 1.62. The number of halogens is 3. The van der Waals surface area contributed by atoms with E-state index in [9.17, 15) is 18.9 Å². The van der Waals surface area contributed by atoms with Crippen LogP contribution < -0.4 is 10.1 Å². The number of β-lactam (4-membered cyclic amide) rings is 1. The van der Waals surface area contributed by atoms with Crippen molar-refractivity contribution in [2.45, 2.75) is 22.1 Å². The molecule has 1 aromatic rings. The van der Waals surface area contributed by atoms with Crippen molar-refractivity contribution in [2.75, 3.05) is 19.0 Å². The molecule has 0 spiro atoms. The monoisotopic (exact) mass is 494 g/mol. The third-order valence-corrected chi connectivity index (χ3v) is 6.37. The zero-order chi connectivity index (χ0) is 22.1. The van der Waals surface area contributed by atoms with Crippen molar-refractivity contribution < 1.29 is 28.4 Å². The predicted molar refractivity (Wildman–Crippen MR) is 111 cm³/mol. The van der Waals surface area contributed by atoms with Gasteiger partial charge in [0.05, 0.1) is 0 Å². The summed E-state index contributed by atoms with van der Waals surface area (Å²) in [6.45, 7) is 0.729. The first kappa shape index (κ1) is 23.0. The van der Waals surface area contributed by atoms with Gasteiger partial charge in [0.1, 0.15) is 23.8 Å². The lowest BCUT2D eigenvalue weighted by Gasteiger charge is -2.49. The van der Waals surface area contributed by atoms with E-state index in [1.807, 2.05) is 0 Å². The maximum absolute atomic E-state index is 12.6. The fraction of sp³-hybridized carbons (Fsp3) is 0.389. The van der Waals surface area contributed by atoms with E-state index in [4.69, 9.17) is 44.3 Å². The number of amides is 2. The van der Waals surface area contributed by atoms with Crippen LogP contribution in [0.1, 0.15) is 6.92 Å². The van der Waals surface area contributed by atoms with E-state index in [1.54, 1.807) is 37.3 Å². The minimum Gasteiger partial charge on any atom is -0.614 e. The number of fused-ring (bicyclic) bond motifs is 1. The summed E-state index contributed by atoms with van der Waals surface area (Å²) in [5.41, 5.74) is 0.356. The van der Waals surface area contributed by atoms with Crippen LogP contribution in [-0.2, 0) is 30.3 Å². The number of rotatable bonds is 6. The number of nitrogens with one attached hydrogen (secondary N) is 1. The molecule has 1 saturated heterocycles. The van der Waals surface area contributed by atoms with Gasteiger partial charge in [0.15, 0.2) is 12.6 Å². The molecule has 8 nitrogen and oxygen atoms in total. The molecule has 2 aliphatic rings. The molecule has 2 aliphatic heterocycles. The molecule has 3 rings (SSSR count). The molecule has 0 bridgehead atoms. The van der Waals surface area contributed by atoms with Crippen molar-refractivity contribution in [3.05, 3.63) is 41.6 Å². The molecule has 30 heavy (non-hydrogen) atoms. The van der Waals surface area contributed by atoms with Gasteiger partial charge in [-0.1, -0.05) is 53.0 Å². The third kappa shape index (κ3) is 5.15. The number of carbonyl (C=O) groups excluding carboxylic acids is 3. The fourth-order valence-electron chi connectivity index (χ4n) is 3.05. The molecule has 0 aromatic heterocycles. The van der Waals surface area contributed by atoms with Gasteiger partial charge in [0.25, 0.3) is 11.8 Å². The number of benzene rings is 1. The van der Waals surface area contributed by atoms with Crippen LogP contribution in [0.4, 0.5) is 0 Å². The number of para-hydroxylation sites is 1. The number of ether oxygens (including phenoxy) is 2. The normalized spacial score (nSPS) is 23.4. The molecule has 2 amide bonds.